The molecular weight excluding hydrogens is 499 g/mol. The Labute approximate surface area is 204 Å². The van der Waals surface area contributed by atoms with Crippen molar-refractivity contribution < 1.29 is 17.6 Å². The molecule has 0 saturated heterocycles. The highest BCUT2D eigenvalue weighted by atomic mass is 35.5. The van der Waals surface area contributed by atoms with Crippen LogP contribution in [0.15, 0.2) is 72.8 Å². The third-order valence-corrected chi connectivity index (χ3v) is 7.07. The highest BCUT2D eigenvalue weighted by Gasteiger charge is 2.21. The third kappa shape index (κ3) is 5.58. The minimum atomic E-state index is -3.74. The predicted molar refractivity (Wildman–Crippen MR) is 132 cm³/mol. The smallest absolute Gasteiger partial charge is 0.257 e. The van der Waals surface area contributed by atoms with E-state index in [4.69, 9.17) is 11.6 Å². The van der Waals surface area contributed by atoms with E-state index < -0.39 is 15.8 Å². The van der Waals surface area contributed by atoms with Crippen LogP contribution in [0.5, 0.6) is 0 Å². The zero-order chi connectivity index (χ0) is 24.3. The van der Waals surface area contributed by atoms with Crippen LogP contribution < -0.4 is 9.62 Å². The summed E-state index contributed by atoms with van der Waals surface area (Å²) in [5.74, 6) is -1.03. The molecule has 0 fully saturated rings. The molecule has 1 aromatic heterocycles. The third-order valence-electron chi connectivity index (χ3n) is 4.80. The number of amides is 1. The summed E-state index contributed by atoms with van der Waals surface area (Å²) >= 11 is 7.12. The molecule has 3 aromatic carbocycles. The van der Waals surface area contributed by atoms with Crippen LogP contribution in [0, 0.1) is 5.82 Å². The van der Waals surface area contributed by atoms with Crippen molar-refractivity contribution in [2.24, 2.45) is 0 Å². The zero-order valence-electron chi connectivity index (χ0n) is 17.8. The molecule has 0 saturated carbocycles. The Bertz CT molecular complexity index is 1430. The highest BCUT2D eigenvalue weighted by Crippen LogP contribution is 2.28. The van der Waals surface area contributed by atoms with Gasteiger partial charge in [0.15, 0.2) is 0 Å². The van der Waals surface area contributed by atoms with Crippen molar-refractivity contribution in [3.63, 3.8) is 0 Å². The summed E-state index contributed by atoms with van der Waals surface area (Å²) in [6, 6.07) is 19.1. The molecular formula is C23H18ClFN4O3S2. The van der Waals surface area contributed by atoms with E-state index in [1.54, 1.807) is 42.5 Å². The summed E-state index contributed by atoms with van der Waals surface area (Å²) < 4.78 is 39.7. The van der Waals surface area contributed by atoms with Crippen LogP contribution in [0.1, 0.15) is 15.9 Å². The number of para-hydroxylation sites is 1. The van der Waals surface area contributed by atoms with Crippen LogP contribution in [0.25, 0.3) is 10.6 Å². The lowest BCUT2D eigenvalue weighted by atomic mass is 10.1. The van der Waals surface area contributed by atoms with Gasteiger partial charge in [0.05, 0.1) is 18.5 Å². The summed E-state index contributed by atoms with van der Waals surface area (Å²) in [7, 11) is -3.74. The first-order chi connectivity index (χ1) is 16.2. The number of aromatic nitrogens is 2. The molecule has 0 atom stereocenters. The van der Waals surface area contributed by atoms with Gasteiger partial charge in [0.25, 0.3) is 5.91 Å². The van der Waals surface area contributed by atoms with Gasteiger partial charge in [-0.05, 0) is 42.0 Å². The molecule has 11 heteroatoms. The standard InChI is InChI=1S/C23H18ClFN4O3S2/c1-34(31,32)29(20-5-3-2-4-19(20)25)14-15-6-8-16(9-7-15)21(30)26-23-28-27-22(33-23)17-10-12-18(24)13-11-17/h2-13H,14H2,1H3,(H,26,28,30). The maximum atomic E-state index is 14.2. The molecule has 7 nitrogen and oxygen atoms in total. The number of rotatable bonds is 7. The van der Waals surface area contributed by atoms with Crippen molar-refractivity contribution in [1.29, 1.82) is 0 Å². The number of nitrogens with zero attached hydrogens (tertiary/aromatic N) is 3. The van der Waals surface area contributed by atoms with Gasteiger partial charge in [-0.3, -0.25) is 14.4 Å². The van der Waals surface area contributed by atoms with Gasteiger partial charge >= 0.3 is 0 Å². The molecule has 4 rings (SSSR count). The molecule has 1 heterocycles. The Morgan fingerprint density at radius 2 is 1.71 bits per heavy atom. The molecule has 34 heavy (non-hydrogen) atoms. The Hall–Kier alpha value is -3.34. The second-order valence-electron chi connectivity index (χ2n) is 7.29. The number of carbonyl (C=O) groups is 1. The average molecular weight is 517 g/mol. The van der Waals surface area contributed by atoms with Crippen LogP contribution in [0.4, 0.5) is 15.2 Å². The maximum absolute atomic E-state index is 14.2. The summed E-state index contributed by atoms with van der Waals surface area (Å²) in [6.45, 7) is -0.0808. The average Bonchev–Trinajstić information content (AvgIpc) is 3.26. The number of nitrogens with one attached hydrogen (secondary N) is 1. The van der Waals surface area contributed by atoms with Crippen LogP contribution in [-0.4, -0.2) is 30.8 Å². The Balaban J connectivity index is 1.46. The molecule has 1 N–H and O–H groups in total. The Kier molecular flexibility index (Phi) is 6.92. The highest BCUT2D eigenvalue weighted by molar-refractivity contribution is 7.92. The monoisotopic (exact) mass is 516 g/mol. The topological polar surface area (TPSA) is 92.3 Å². The first-order valence-electron chi connectivity index (χ1n) is 9.93. The van der Waals surface area contributed by atoms with Crippen molar-refractivity contribution in [1.82, 2.24) is 10.2 Å². The number of sulfonamides is 1. The van der Waals surface area contributed by atoms with Crippen molar-refractivity contribution in [3.8, 4) is 10.6 Å². The second-order valence-corrected chi connectivity index (χ2v) is 10.6. The van der Waals surface area contributed by atoms with E-state index >= 15 is 0 Å². The van der Waals surface area contributed by atoms with Crippen molar-refractivity contribution in [2.45, 2.75) is 6.54 Å². The molecule has 0 radical (unpaired) electrons. The molecule has 4 aromatic rings. The number of halogens is 2. The molecule has 0 unspecified atom stereocenters. The second kappa shape index (κ2) is 9.88. The summed E-state index contributed by atoms with van der Waals surface area (Å²) in [4.78, 5) is 12.6. The lowest BCUT2D eigenvalue weighted by Gasteiger charge is -2.23. The predicted octanol–water partition coefficient (Wildman–Crippen LogP) is 5.22. The minimum Gasteiger partial charge on any atom is -0.296 e. The van der Waals surface area contributed by atoms with Gasteiger partial charge in [-0.1, -0.05) is 59.3 Å². The molecule has 0 spiro atoms. The van der Waals surface area contributed by atoms with Crippen LogP contribution in [0.2, 0.25) is 5.02 Å². The number of hydrogen-bond acceptors (Lipinski definition) is 6. The van der Waals surface area contributed by atoms with Crippen molar-refractivity contribution in [3.05, 3.63) is 94.8 Å². The van der Waals surface area contributed by atoms with E-state index in [0.29, 0.717) is 26.3 Å². The van der Waals surface area contributed by atoms with Crippen LogP contribution >= 0.6 is 22.9 Å². The summed E-state index contributed by atoms with van der Waals surface area (Å²) in [5.41, 5.74) is 1.73. The minimum absolute atomic E-state index is 0.0421. The fraction of sp³-hybridized carbons (Fsp3) is 0.0870. The van der Waals surface area contributed by atoms with Crippen LogP contribution in [-0.2, 0) is 16.6 Å². The van der Waals surface area contributed by atoms with Gasteiger partial charge in [0, 0.05) is 16.1 Å². The lowest BCUT2D eigenvalue weighted by molar-refractivity contribution is 0.102. The van der Waals surface area contributed by atoms with Crippen LogP contribution in [0.3, 0.4) is 0 Å². The van der Waals surface area contributed by atoms with Gasteiger partial charge in [-0.2, -0.15) is 0 Å². The number of benzene rings is 3. The Morgan fingerprint density at radius 1 is 1.03 bits per heavy atom. The first-order valence-corrected chi connectivity index (χ1v) is 13.0. The molecule has 0 aliphatic rings. The van der Waals surface area contributed by atoms with Gasteiger partial charge in [0.1, 0.15) is 10.8 Å². The van der Waals surface area contributed by atoms with Crippen molar-refractivity contribution >= 4 is 49.7 Å². The largest absolute Gasteiger partial charge is 0.296 e. The van der Waals surface area contributed by atoms with E-state index in [1.807, 2.05) is 12.1 Å². The fourth-order valence-electron chi connectivity index (χ4n) is 3.11. The SMILES string of the molecule is CS(=O)(=O)N(Cc1ccc(C(=O)Nc2nnc(-c3ccc(Cl)cc3)s2)cc1)c1ccccc1F. The van der Waals surface area contributed by atoms with E-state index in [-0.39, 0.29) is 18.1 Å². The van der Waals surface area contributed by atoms with E-state index in [2.05, 4.69) is 15.5 Å². The fourth-order valence-corrected chi connectivity index (χ4v) is 4.87. The van der Waals surface area contributed by atoms with E-state index in [9.17, 15) is 17.6 Å². The first kappa shape index (κ1) is 23.8. The van der Waals surface area contributed by atoms with Gasteiger partial charge < -0.3 is 0 Å². The zero-order valence-corrected chi connectivity index (χ0v) is 20.2. The van der Waals surface area contributed by atoms with Crippen molar-refractivity contribution in [2.75, 3.05) is 15.9 Å². The number of carbonyl (C=O) groups excluding carboxylic acids is 1. The molecule has 1 amide bonds. The number of anilines is 2. The number of hydrogen-bond donors (Lipinski definition) is 1. The maximum Gasteiger partial charge on any atom is 0.257 e. The van der Waals surface area contributed by atoms with E-state index in [1.165, 1.54) is 29.5 Å². The van der Waals surface area contributed by atoms with E-state index in [0.717, 1.165) is 16.1 Å². The van der Waals surface area contributed by atoms with Gasteiger partial charge in [0.2, 0.25) is 15.2 Å². The summed E-state index contributed by atoms with van der Waals surface area (Å²) in [6.07, 6.45) is 1.02. The molecule has 0 aliphatic carbocycles. The quantitative estimate of drug-likeness (QED) is 0.364. The van der Waals surface area contributed by atoms with Gasteiger partial charge in [-0.25, -0.2) is 12.8 Å². The van der Waals surface area contributed by atoms with Gasteiger partial charge in [-0.15, -0.1) is 10.2 Å². The molecule has 0 aliphatic heterocycles. The summed E-state index contributed by atoms with van der Waals surface area (Å²) in [5, 5.41) is 12.4. The Morgan fingerprint density at radius 3 is 2.35 bits per heavy atom. The lowest BCUT2D eigenvalue weighted by Crippen LogP contribution is -2.30. The molecule has 0 bridgehead atoms. The normalized spacial score (nSPS) is 11.3. The molecule has 174 valence electrons.